The van der Waals surface area contributed by atoms with Gasteiger partial charge in [0.2, 0.25) is 5.43 Å². The third-order valence-electron chi connectivity index (χ3n) is 4.94. The molecule has 4 aromatic rings. The fraction of sp³-hybridized carbons (Fsp3) is 0.0800. The number of para-hydroxylation sites is 2. The Morgan fingerprint density at radius 3 is 2.29 bits per heavy atom. The van der Waals surface area contributed by atoms with Gasteiger partial charge in [-0.15, -0.1) is 0 Å². The number of carbonyl (C=O) groups excluding carboxylic acids is 2. The van der Waals surface area contributed by atoms with Gasteiger partial charge < -0.3 is 14.0 Å². The number of aromatic nitrogens is 1. The SMILES string of the molecule is COc1ccc(C(C)=O)c(OC(=O)c2cn(-c3ccccc3)c3ccccc3c2=O)c1. The van der Waals surface area contributed by atoms with Gasteiger partial charge in [-0.25, -0.2) is 4.79 Å². The van der Waals surface area contributed by atoms with E-state index in [-0.39, 0.29) is 22.7 Å². The summed E-state index contributed by atoms with van der Waals surface area (Å²) in [5.41, 5.74) is 1.10. The molecule has 0 saturated carbocycles. The molecule has 6 nitrogen and oxygen atoms in total. The molecular weight excluding hydrogens is 394 g/mol. The van der Waals surface area contributed by atoms with E-state index in [1.807, 2.05) is 42.5 Å². The Labute approximate surface area is 178 Å². The Morgan fingerprint density at radius 2 is 1.58 bits per heavy atom. The highest BCUT2D eigenvalue weighted by Gasteiger charge is 2.20. The molecule has 154 valence electrons. The molecule has 1 heterocycles. The number of methoxy groups -OCH3 is 1. The molecule has 6 heteroatoms. The van der Waals surface area contributed by atoms with Gasteiger partial charge in [-0.05, 0) is 43.3 Å². The van der Waals surface area contributed by atoms with Gasteiger partial charge in [-0.3, -0.25) is 9.59 Å². The summed E-state index contributed by atoms with van der Waals surface area (Å²) in [6.07, 6.45) is 1.47. The minimum Gasteiger partial charge on any atom is -0.497 e. The molecule has 0 N–H and O–H groups in total. The van der Waals surface area contributed by atoms with Crippen LogP contribution in [0.3, 0.4) is 0 Å². The zero-order valence-electron chi connectivity index (χ0n) is 17.0. The first-order valence-corrected chi connectivity index (χ1v) is 9.60. The van der Waals surface area contributed by atoms with Crippen LogP contribution in [0.2, 0.25) is 0 Å². The van der Waals surface area contributed by atoms with E-state index in [2.05, 4.69) is 0 Å². The molecule has 0 radical (unpaired) electrons. The molecule has 0 fully saturated rings. The molecule has 0 aliphatic rings. The van der Waals surface area contributed by atoms with Crippen LogP contribution >= 0.6 is 0 Å². The zero-order chi connectivity index (χ0) is 22.0. The van der Waals surface area contributed by atoms with E-state index in [0.29, 0.717) is 16.7 Å². The second-order valence-corrected chi connectivity index (χ2v) is 6.90. The van der Waals surface area contributed by atoms with Crippen molar-refractivity contribution >= 4 is 22.7 Å². The maximum absolute atomic E-state index is 13.1. The maximum Gasteiger partial charge on any atom is 0.349 e. The summed E-state index contributed by atoms with van der Waals surface area (Å²) < 4.78 is 12.4. The van der Waals surface area contributed by atoms with E-state index < -0.39 is 11.4 Å². The Morgan fingerprint density at radius 1 is 0.871 bits per heavy atom. The number of hydrogen-bond donors (Lipinski definition) is 0. The molecule has 1 aromatic heterocycles. The highest BCUT2D eigenvalue weighted by Crippen LogP contribution is 2.26. The van der Waals surface area contributed by atoms with E-state index in [4.69, 9.17) is 9.47 Å². The molecule has 4 rings (SSSR count). The topological polar surface area (TPSA) is 74.6 Å². The minimum atomic E-state index is -0.851. The van der Waals surface area contributed by atoms with E-state index >= 15 is 0 Å². The lowest BCUT2D eigenvalue weighted by atomic mass is 10.1. The molecule has 0 bridgehead atoms. The van der Waals surface area contributed by atoms with Gasteiger partial charge in [-0.1, -0.05) is 30.3 Å². The first-order valence-electron chi connectivity index (χ1n) is 9.60. The van der Waals surface area contributed by atoms with Crippen LogP contribution in [0.5, 0.6) is 11.5 Å². The van der Waals surface area contributed by atoms with Crippen LogP contribution in [0.15, 0.2) is 83.8 Å². The number of rotatable bonds is 5. The monoisotopic (exact) mass is 413 g/mol. The minimum absolute atomic E-state index is 0.0377. The fourth-order valence-corrected chi connectivity index (χ4v) is 3.39. The van der Waals surface area contributed by atoms with E-state index in [1.165, 1.54) is 32.4 Å². The summed E-state index contributed by atoms with van der Waals surface area (Å²) in [6.45, 7) is 1.37. The van der Waals surface area contributed by atoms with Gasteiger partial charge in [0.05, 0.1) is 18.2 Å². The molecule has 0 aliphatic heterocycles. The number of fused-ring (bicyclic) bond motifs is 1. The van der Waals surface area contributed by atoms with Crippen LogP contribution < -0.4 is 14.9 Å². The smallest absolute Gasteiger partial charge is 0.349 e. The number of nitrogens with zero attached hydrogens (tertiary/aromatic N) is 1. The lowest BCUT2D eigenvalue weighted by molar-refractivity contribution is 0.0731. The number of ketones is 1. The van der Waals surface area contributed by atoms with Crippen molar-refractivity contribution in [1.29, 1.82) is 0 Å². The van der Waals surface area contributed by atoms with E-state index in [0.717, 1.165) is 5.69 Å². The predicted octanol–water partition coefficient (Wildman–Crippen LogP) is 4.42. The summed E-state index contributed by atoms with van der Waals surface area (Å²) >= 11 is 0. The Kier molecular flexibility index (Phi) is 5.37. The van der Waals surface area contributed by atoms with Crippen LogP contribution in [-0.2, 0) is 0 Å². The lowest BCUT2D eigenvalue weighted by Gasteiger charge is -2.14. The van der Waals surface area contributed by atoms with Gasteiger partial charge in [0.25, 0.3) is 0 Å². The number of pyridine rings is 1. The number of esters is 1. The van der Waals surface area contributed by atoms with Gasteiger partial charge in [-0.2, -0.15) is 0 Å². The molecule has 3 aromatic carbocycles. The van der Waals surface area contributed by atoms with Crippen molar-refractivity contribution in [3.05, 3.63) is 100 Å². The van der Waals surface area contributed by atoms with Gasteiger partial charge in [0.15, 0.2) is 5.78 Å². The zero-order valence-corrected chi connectivity index (χ0v) is 17.0. The quantitative estimate of drug-likeness (QED) is 0.275. The summed E-state index contributed by atoms with van der Waals surface area (Å²) in [4.78, 5) is 38.1. The van der Waals surface area contributed by atoms with Crippen molar-refractivity contribution in [2.45, 2.75) is 6.92 Å². The van der Waals surface area contributed by atoms with Gasteiger partial charge in [0, 0.05) is 23.3 Å². The normalized spacial score (nSPS) is 10.6. The predicted molar refractivity (Wildman–Crippen MR) is 118 cm³/mol. The first kappa shape index (κ1) is 20.1. The van der Waals surface area contributed by atoms with Crippen molar-refractivity contribution in [3.8, 4) is 17.2 Å². The number of hydrogen-bond acceptors (Lipinski definition) is 5. The van der Waals surface area contributed by atoms with Crippen molar-refractivity contribution in [2.75, 3.05) is 7.11 Å². The summed E-state index contributed by atoms with van der Waals surface area (Å²) in [5, 5.41) is 0.387. The maximum atomic E-state index is 13.1. The van der Waals surface area contributed by atoms with Gasteiger partial charge in [0.1, 0.15) is 17.1 Å². The molecule has 0 saturated heterocycles. The number of Topliss-reactive ketones (excluding diaryl/α,β-unsaturated/α-hetero) is 1. The van der Waals surface area contributed by atoms with E-state index in [1.54, 1.807) is 22.8 Å². The number of ether oxygens (including phenoxy) is 2. The highest BCUT2D eigenvalue weighted by atomic mass is 16.5. The highest BCUT2D eigenvalue weighted by molar-refractivity contribution is 6.00. The largest absolute Gasteiger partial charge is 0.497 e. The van der Waals surface area contributed by atoms with Crippen LogP contribution in [-0.4, -0.2) is 23.4 Å². The molecule has 31 heavy (non-hydrogen) atoms. The first-order chi connectivity index (χ1) is 15.0. The van der Waals surface area contributed by atoms with Gasteiger partial charge >= 0.3 is 5.97 Å². The second kappa shape index (κ2) is 8.28. The summed E-state index contributed by atoms with van der Waals surface area (Å²) in [5.74, 6) is -0.662. The molecule has 0 aliphatic carbocycles. The summed E-state index contributed by atoms with van der Waals surface area (Å²) in [6, 6.07) is 21.0. The standard InChI is InChI=1S/C25H19NO5/c1-16(27)19-13-12-18(30-2)14-23(19)31-25(29)21-15-26(17-8-4-3-5-9-17)22-11-7-6-10-20(22)24(21)28/h3-15H,1-2H3. The van der Waals surface area contributed by atoms with Crippen LogP contribution in [0.1, 0.15) is 27.6 Å². The van der Waals surface area contributed by atoms with E-state index in [9.17, 15) is 14.4 Å². The second-order valence-electron chi connectivity index (χ2n) is 6.90. The lowest BCUT2D eigenvalue weighted by Crippen LogP contribution is -2.22. The van der Waals surface area contributed by atoms with Crippen molar-refractivity contribution in [2.24, 2.45) is 0 Å². The van der Waals surface area contributed by atoms with Crippen molar-refractivity contribution in [3.63, 3.8) is 0 Å². The Bertz CT molecular complexity index is 1360. The third-order valence-corrected chi connectivity index (χ3v) is 4.94. The fourth-order valence-electron chi connectivity index (χ4n) is 3.39. The third kappa shape index (κ3) is 3.83. The van der Waals surface area contributed by atoms with Crippen molar-refractivity contribution in [1.82, 2.24) is 4.57 Å². The molecule has 0 spiro atoms. The molecule has 0 atom stereocenters. The molecule has 0 unspecified atom stereocenters. The van der Waals surface area contributed by atoms with Crippen LogP contribution in [0.4, 0.5) is 0 Å². The average Bonchev–Trinajstić information content (AvgIpc) is 2.79. The van der Waals surface area contributed by atoms with Crippen LogP contribution in [0, 0.1) is 0 Å². The average molecular weight is 413 g/mol. The number of carbonyl (C=O) groups is 2. The summed E-state index contributed by atoms with van der Waals surface area (Å²) in [7, 11) is 1.47. The number of benzene rings is 3. The van der Waals surface area contributed by atoms with Crippen LogP contribution in [0.25, 0.3) is 16.6 Å². The molecule has 0 amide bonds. The molecular formula is C25H19NO5. The Hall–Kier alpha value is -4.19. The Balaban J connectivity index is 1.86. The van der Waals surface area contributed by atoms with Crippen molar-refractivity contribution < 1.29 is 19.1 Å².